The van der Waals surface area contributed by atoms with Crippen molar-refractivity contribution in [3.8, 4) is 33.4 Å². The molecule has 0 spiro atoms. The molecule has 5 heteroatoms. The Morgan fingerprint density at radius 3 is 1.85 bits per heavy atom. The number of fused-ring (bicyclic) bond motifs is 2. The normalized spacial score (nSPS) is 13.8. The number of morpholine rings is 1. The van der Waals surface area contributed by atoms with Crippen LogP contribution in [-0.2, 0) is 10.2 Å². The number of nitrogens with zero attached hydrogens (tertiary/aromatic N) is 1. The van der Waals surface area contributed by atoms with E-state index >= 15 is 4.39 Å². The van der Waals surface area contributed by atoms with E-state index in [1.807, 2.05) is 7.05 Å². The van der Waals surface area contributed by atoms with Crippen LogP contribution in [0.25, 0.3) is 54.9 Å². The number of anilines is 2. The summed E-state index contributed by atoms with van der Waals surface area (Å²) in [6.45, 7) is 13.5. The Bertz CT molecular complexity index is 2140. The summed E-state index contributed by atoms with van der Waals surface area (Å²) in [5, 5.41) is 8.35. The van der Waals surface area contributed by atoms with Crippen LogP contribution in [0.3, 0.4) is 0 Å². The highest BCUT2D eigenvalue weighted by Crippen LogP contribution is 2.50. The molecule has 0 atom stereocenters. The predicted molar refractivity (Wildman–Crippen MR) is 206 cm³/mol. The van der Waals surface area contributed by atoms with Crippen molar-refractivity contribution in [2.45, 2.75) is 44.9 Å². The second-order valence-corrected chi connectivity index (χ2v) is 14.5. The Labute approximate surface area is 289 Å². The van der Waals surface area contributed by atoms with Crippen molar-refractivity contribution in [2.75, 3.05) is 43.6 Å². The molecule has 1 saturated heterocycles. The molecule has 6 aromatic rings. The molecular weight excluding hydrogens is 612 g/mol. The zero-order chi connectivity index (χ0) is 33.7. The van der Waals surface area contributed by atoms with Gasteiger partial charge in [0.2, 0.25) is 0 Å². The zero-order valence-corrected chi connectivity index (χ0v) is 29.6. The van der Waals surface area contributed by atoms with Crippen LogP contribution in [0.5, 0.6) is 0 Å². The summed E-state index contributed by atoms with van der Waals surface area (Å²) >= 11 is 5.14. The lowest BCUT2D eigenvalue weighted by Crippen LogP contribution is -2.37. The molecule has 7 rings (SSSR count). The van der Waals surface area contributed by atoms with Crippen LogP contribution in [0.1, 0.15) is 37.5 Å². The third kappa shape index (κ3) is 5.73. The second kappa shape index (κ2) is 12.6. The SMILES string of the molecule is CNc1c(-c2cc(F)cc(-c3cc(C)cc(C(C)(C)C)c3S)c2N2CCOCC2)cc(C)cc1-c1c2ccccc2cc2ccccc12. The maximum absolute atomic E-state index is 16.2. The van der Waals surface area contributed by atoms with E-state index < -0.39 is 0 Å². The molecule has 0 unspecified atom stereocenters. The molecule has 0 aliphatic carbocycles. The van der Waals surface area contributed by atoms with Crippen molar-refractivity contribution < 1.29 is 9.13 Å². The number of hydrogen-bond acceptors (Lipinski definition) is 4. The highest BCUT2D eigenvalue weighted by molar-refractivity contribution is 7.80. The summed E-state index contributed by atoms with van der Waals surface area (Å²) in [5.41, 5.74) is 11.1. The van der Waals surface area contributed by atoms with E-state index in [4.69, 9.17) is 17.4 Å². The van der Waals surface area contributed by atoms with Gasteiger partial charge in [-0.15, -0.1) is 12.6 Å². The minimum absolute atomic E-state index is 0.126. The van der Waals surface area contributed by atoms with Crippen molar-refractivity contribution in [3.63, 3.8) is 0 Å². The van der Waals surface area contributed by atoms with Crippen LogP contribution in [-0.4, -0.2) is 33.4 Å². The third-order valence-electron chi connectivity index (χ3n) is 9.62. The molecule has 0 bridgehead atoms. The Kier molecular flexibility index (Phi) is 8.47. The van der Waals surface area contributed by atoms with E-state index in [1.54, 1.807) is 12.1 Å². The van der Waals surface area contributed by atoms with Gasteiger partial charge in [0.1, 0.15) is 5.82 Å². The van der Waals surface area contributed by atoms with Crippen LogP contribution in [0.2, 0.25) is 0 Å². The Hall–Kier alpha value is -4.32. The minimum atomic E-state index is -0.274. The van der Waals surface area contributed by atoms with E-state index in [2.05, 4.69) is 124 Å². The summed E-state index contributed by atoms with van der Waals surface area (Å²) < 4.78 is 22.0. The van der Waals surface area contributed by atoms with E-state index in [0.29, 0.717) is 26.3 Å². The molecule has 48 heavy (non-hydrogen) atoms. The number of nitrogens with one attached hydrogen (secondary N) is 1. The fourth-order valence-corrected chi connectivity index (χ4v) is 8.05. The lowest BCUT2D eigenvalue weighted by molar-refractivity contribution is 0.123. The van der Waals surface area contributed by atoms with Gasteiger partial charge in [-0.1, -0.05) is 87.0 Å². The van der Waals surface area contributed by atoms with E-state index in [0.717, 1.165) is 60.8 Å². The number of rotatable bonds is 5. The topological polar surface area (TPSA) is 24.5 Å². The maximum Gasteiger partial charge on any atom is 0.124 e. The number of hydrogen-bond donors (Lipinski definition) is 2. The summed E-state index contributed by atoms with van der Waals surface area (Å²) in [4.78, 5) is 3.26. The van der Waals surface area contributed by atoms with E-state index in [1.165, 1.54) is 27.1 Å². The predicted octanol–water partition coefficient (Wildman–Crippen LogP) is 11.2. The molecule has 0 radical (unpaired) electrons. The van der Waals surface area contributed by atoms with Gasteiger partial charge >= 0.3 is 0 Å². The van der Waals surface area contributed by atoms with Gasteiger partial charge < -0.3 is 15.0 Å². The Balaban J connectivity index is 1.58. The lowest BCUT2D eigenvalue weighted by atomic mass is 9.83. The number of aryl methyl sites for hydroxylation is 2. The van der Waals surface area contributed by atoms with Crippen LogP contribution < -0.4 is 10.2 Å². The van der Waals surface area contributed by atoms with Crippen molar-refractivity contribution >= 4 is 45.5 Å². The first-order valence-corrected chi connectivity index (χ1v) is 17.2. The quantitative estimate of drug-likeness (QED) is 0.143. The van der Waals surface area contributed by atoms with Gasteiger partial charge in [-0.05, 0) is 93.4 Å². The van der Waals surface area contributed by atoms with Crippen LogP contribution in [0.15, 0.2) is 95.9 Å². The Morgan fingerprint density at radius 1 is 0.708 bits per heavy atom. The van der Waals surface area contributed by atoms with Crippen molar-refractivity contribution in [1.82, 2.24) is 0 Å². The first kappa shape index (κ1) is 32.2. The van der Waals surface area contributed by atoms with E-state index in [9.17, 15) is 0 Å². The molecule has 6 aromatic carbocycles. The highest BCUT2D eigenvalue weighted by atomic mass is 32.1. The fraction of sp³-hybridized carbons (Fsp3) is 0.256. The van der Waals surface area contributed by atoms with Gasteiger partial charge in [0.05, 0.1) is 18.9 Å². The molecular formula is C43H43FN2OS. The lowest BCUT2D eigenvalue weighted by Gasteiger charge is -2.34. The number of benzene rings is 6. The summed E-state index contributed by atoms with van der Waals surface area (Å²) in [6, 6.07) is 31.7. The average Bonchev–Trinajstić information content (AvgIpc) is 3.07. The molecule has 1 aliphatic rings. The van der Waals surface area contributed by atoms with Gasteiger partial charge in [-0.25, -0.2) is 4.39 Å². The van der Waals surface area contributed by atoms with Crippen LogP contribution >= 0.6 is 12.6 Å². The largest absolute Gasteiger partial charge is 0.387 e. The fourth-order valence-electron chi connectivity index (χ4n) is 7.46. The minimum Gasteiger partial charge on any atom is -0.387 e. The second-order valence-electron chi connectivity index (χ2n) is 14.1. The molecule has 1 heterocycles. The van der Waals surface area contributed by atoms with Crippen molar-refractivity contribution in [1.29, 1.82) is 0 Å². The maximum atomic E-state index is 16.2. The third-order valence-corrected chi connectivity index (χ3v) is 10.1. The van der Waals surface area contributed by atoms with E-state index in [-0.39, 0.29) is 11.2 Å². The summed E-state index contributed by atoms with van der Waals surface area (Å²) in [7, 11) is 1.97. The molecule has 1 N–H and O–H groups in total. The molecule has 0 saturated carbocycles. The average molecular weight is 655 g/mol. The molecule has 1 aliphatic heterocycles. The van der Waals surface area contributed by atoms with Crippen LogP contribution in [0, 0.1) is 19.7 Å². The zero-order valence-electron chi connectivity index (χ0n) is 28.7. The molecule has 244 valence electrons. The number of thiol groups is 1. The van der Waals surface area contributed by atoms with Crippen molar-refractivity contribution in [2.24, 2.45) is 0 Å². The van der Waals surface area contributed by atoms with Gasteiger partial charge in [0, 0.05) is 53.0 Å². The molecule has 3 nitrogen and oxygen atoms in total. The highest BCUT2D eigenvalue weighted by Gasteiger charge is 2.28. The number of ether oxygens (including phenoxy) is 1. The van der Waals surface area contributed by atoms with Gasteiger partial charge in [0.15, 0.2) is 0 Å². The molecule has 1 fully saturated rings. The summed E-state index contributed by atoms with van der Waals surface area (Å²) in [5.74, 6) is -0.274. The molecule has 0 amide bonds. The smallest absolute Gasteiger partial charge is 0.124 e. The number of halogens is 1. The first-order chi connectivity index (χ1) is 23.0. The standard InChI is InChI=1S/C43H43FN2OS/c1-26-19-33(40(45-6)37(21-26)39-31-13-9-7-11-28(31)23-29-12-8-10-14-32(29)39)34-24-30(44)25-35(41(34)46-15-17-47-18-16-46)36-20-27(2)22-38(42(36)48)43(3,4)5/h7-14,19-25,45,48H,15-18H2,1-6H3. The van der Waals surface area contributed by atoms with Crippen LogP contribution in [0.4, 0.5) is 15.8 Å². The van der Waals surface area contributed by atoms with Crippen molar-refractivity contribution in [3.05, 3.63) is 114 Å². The Morgan fingerprint density at radius 2 is 1.25 bits per heavy atom. The van der Waals surface area contributed by atoms with Gasteiger partial charge in [0.25, 0.3) is 0 Å². The monoisotopic (exact) mass is 654 g/mol. The summed E-state index contributed by atoms with van der Waals surface area (Å²) in [6.07, 6.45) is 0. The first-order valence-electron chi connectivity index (χ1n) is 16.8. The van der Waals surface area contributed by atoms with Gasteiger partial charge in [-0.2, -0.15) is 0 Å². The van der Waals surface area contributed by atoms with Gasteiger partial charge in [-0.3, -0.25) is 0 Å². The molecule has 0 aromatic heterocycles.